The molecule has 27 heavy (non-hydrogen) atoms. The van der Waals surface area contributed by atoms with Gasteiger partial charge in [0.15, 0.2) is 16.6 Å². The summed E-state index contributed by atoms with van der Waals surface area (Å²) in [6, 6.07) is 5.75. The number of hydrogen-bond donors (Lipinski definition) is 2. The van der Waals surface area contributed by atoms with Gasteiger partial charge in [0.25, 0.3) is 0 Å². The molecule has 0 bridgehead atoms. The van der Waals surface area contributed by atoms with Crippen molar-refractivity contribution in [3.05, 3.63) is 40.3 Å². The molecule has 0 amide bonds. The molecule has 2 heterocycles. The van der Waals surface area contributed by atoms with Crippen molar-refractivity contribution in [2.75, 3.05) is 19.2 Å². The van der Waals surface area contributed by atoms with E-state index in [4.69, 9.17) is 26.4 Å². The molecule has 2 aromatic rings. The highest BCUT2D eigenvalue weighted by atomic mass is 32.1. The standard InChI is InChI=1S/C19H22N2O4S2/c1-11(2)6-13-9-27-17(16(13)18(22)23-3)21-19(26)20-8-12-4-5-14-15(7-12)25-10-24-14/h4-5,7,9,11H,6,8,10H2,1-3H3,(H2,20,21,26). The second kappa shape index (κ2) is 8.58. The first-order chi connectivity index (χ1) is 13.0. The first kappa shape index (κ1) is 19.4. The van der Waals surface area contributed by atoms with Crippen molar-refractivity contribution in [2.24, 2.45) is 5.92 Å². The Morgan fingerprint density at radius 1 is 1.33 bits per heavy atom. The summed E-state index contributed by atoms with van der Waals surface area (Å²) in [5.41, 5.74) is 2.55. The average molecular weight is 407 g/mol. The third-order valence-electron chi connectivity index (χ3n) is 4.00. The van der Waals surface area contributed by atoms with Crippen molar-refractivity contribution in [1.29, 1.82) is 0 Å². The number of nitrogens with one attached hydrogen (secondary N) is 2. The summed E-state index contributed by atoms with van der Waals surface area (Å²) in [6.45, 7) is 5.01. The van der Waals surface area contributed by atoms with E-state index in [2.05, 4.69) is 24.5 Å². The maximum absolute atomic E-state index is 12.2. The lowest BCUT2D eigenvalue weighted by Gasteiger charge is -2.12. The maximum atomic E-state index is 12.2. The van der Waals surface area contributed by atoms with Gasteiger partial charge in [-0.2, -0.15) is 0 Å². The number of carbonyl (C=O) groups is 1. The van der Waals surface area contributed by atoms with Gasteiger partial charge >= 0.3 is 5.97 Å². The fourth-order valence-corrected chi connectivity index (χ4v) is 3.99. The summed E-state index contributed by atoms with van der Waals surface area (Å²) in [6.07, 6.45) is 0.806. The van der Waals surface area contributed by atoms with Crippen LogP contribution in [0.5, 0.6) is 11.5 Å². The molecule has 0 unspecified atom stereocenters. The van der Waals surface area contributed by atoms with Crippen molar-refractivity contribution in [3.8, 4) is 11.5 Å². The number of ether oxygens (including phenoxy) is 3. The molecule has 0 fully saturated rings. The normalized spacial score (nSPS) is 12.1. The first-order valence-corrected chi connectivity index (χ1v) is 9.88. The summed E-state index contributed by atoms with van der Waals surface area (Å²) in [4.78, 5) is 12.2. The van der Waals surface area contributed by atoms with Crippen LogP contribution >= 0.6 is 23.6 Å². The molecule has 0 aliphatic carbocycles. The van der Waals surface area contributed by atoms with Crippen LogP contribution in [0.25, 0.3) is 0 Å². The van der Waals surface area contributed by atoms with Gasteiger partial charge in [0.1, 0.15) is 5.00 Å². The van der Waals surface area contributed by atoms with Crippen molar-refractivity contribution in [3.63, 3.8) is 0 Å². The van der Waals surface area contributed by atoms with Crippen LogP contribution in [-0.4, -0.2) is 25.0 Å². The van der Waals surface area contributed by atoms with Crippen LogP contribution in [0.2, 0.25) is 0 Å². The minimum Gasteiger partial charge on any atom is -0.465 e. The van der Waals surface area contributed by atoms with E-state index in [1.807, 2.05) is 23.6 Å². The van der Waals surface area contributed by atoms with Gasteiger partial charge in [-0.15, -0.1) is 11.3 Å². The molecule has 144 valence electrons. The van der Waals surface area contributed by atoms with Crippen molar-refractivity contribution < 1.29 is 19.0 Å². The van der Waals surface area contributed by atoms with Gasteiger partial charge in [-0.1, -0.05) is 19.9 Å². The lowest BCUT2D eigenvalue weighted by molar-refractivity contribution is 0.0601. The molecular formula is C19H22N2O4S2. The highest BCUT2D eigenvalue weighted by Gasteiger charge is 2.21. The predicted molar refractivity (Wildman–Crippen MR) is 110 cm³/mol. The van der Waals surface area contributed by atoms with E-state index in [0.717, 1.165) is 29.0 Å². The summed E-state index contributed by atoms with van der Waals surface area (Å²) in [5.74, 6) is 1.57. The maximum Gasteiger partial charge on any atom is 0.341 e. The van der Waals surface area contributed by atoms with Crippen LogP contribution in [0.4, 0.5) is 5.00 Å². The summed E-state index contributed by atoms with van der Waals surface area (Å²) >= 11 is 6.84. The second-order valence-electron chi connectivity index (χ2n) is 6.55. The molecule has 0 saturated carbocycles. The van der Waals surface area contributed by atoms with E-state index < -0.39 is 0 Å². The van der Waals surface area contributed by atoms with Crippen molar-refractivity contribution >= 4 is 39.6 Å². The van der Waals surface area contributed by atoms with Crippen molar-refractivity contribution in [2.45, 2.75) is 26.8 Å². The quantitative estimate of drug-likeness (QED) is 0.556. The molecule has 1 aromatic heterocycles. The fraction of sp³-hybridized carbons (Fsp3) is 0.368. The lowest BCUT2D eigenvalue weighted by atomic mass is 10.0. The molecule has 0 atom stereocenters. The molecule has 0 spiro atoms. The number of anilines is 1. The van der Waals surface area contributed by atoms with Crippen LogP contribution in [-0.2, 0) is 17.7 Å². The van der Waals surface area contributed by atoms with Gasteiger partial charge in [0.2, 0.25) is 6.79 Å². The highest BCUT2D eigenvalue weighted by Crippen LogP contribution is 2.33. The van der Waals surface area contributed by atoms with E-state index in [0.29, 0.717) is 28.1 Å². The number of hydrogen-bond acceptors (Lipinski definition) is 6. The number of benzene rings is 1. The Morgan fingerprint density at radius 3 is 2.85 bits per heavy atom. The third-order valence-corrected chi connectivity index (χ3v) is 5.19. The topological polar surface area (TPSA) is 68.8 Å². The van der Waals surface area contributed by atoms with E-state index >= 15 is 0 Å². The summed E-state index contributed by atoms with van der Waals surface area (Å²) in [7, 11) is 1.39. The predicted octanol–water partition coefficient (Wildman–Crippen LogP) is 3.95. The van der Waals surface area contributed by atoms with Gasteiger partial charge in [-0.05, 0) is 53.2 Å². The molecule has 6 nitrogen and oxygen atoms in total. The number of esters is 1. The molecule has 2 N–H and O–H groups in total. The van der Waals surface area contributed by atoms with Gasteiger partial charge < -0.3 is 24.8 Å². The van der Waals surface area contributed by atoms with Crippen LogP contribution in [0.15, 0.2) is 23.6 Å². The third kappa shape index (κ3) is 4.70. The average Bonchev–Trinajstić information content (AvgIpc) is 3.25. The zero-order valence-corrected chi connectivity index (χ0v) is 17.1. The number of thiocarbonyl (C=S) groups is 1. The first-order valence-electron chi connectivity index (χ1n) is 8.60. The SMILES string of the molecule is COC(=O)c1c(CC(C)C)csc1NC(=S)NCc1ccc2c(c1)OCO2. The number of carbonyl (C=O) groups excluding carboxylic acids is 1. The van der Waals surface area contributed by atoms with Gasteiger partial charge in [0.05, 0.1) is 12.7 Å². The Kier molecular flexibility index (Phi) is 6.18. The minimum atomic E-state index is -0.354. The van der Waals surface area contributed by atoms with Crippen LogP contribution in [0, 0.1) is 5.92 Å². The Hall–Kier alpha value is -2.32. The Morgan fingerprint density at radius 2 is 2.11 bits per heavy atom. The molecule has 1 aromatic carbocycles. The zero-order valence-electron chi connectivity index (χ0n) is 15.5. The Labute approximate surface area is 167 Å². The summed E-state index contributed by atoms with van der Waals surface area (Å²) in [5, 5.41) is 9.39. The number of thiophene rings is 1. The number of methoxy groups -OCH3 is 1. The Bertz CT molecular complexity index is 848. The molecular weight excluding hydrogens is 384 g/mol. The number of fused-ring (bicyclic) bond motifs is 1. The molecule has 1 aliphatic heterocycles. The van der Waals surface area contributed by atoms with Crippen molar-refractivity contribution in [1.82, 2.24) is 5.32 Å². The monoisotopic (exact) mass is 406 g/mol. The van der Waals surface area contributed by atoms with Crippen LogP contribution < -0.4 is 20.1 Å². The van der Waals surface area contributed by atoms with Gasteiger partial charge in [-0.3, -0.25) is 0 Å². The summed E-state index contributed by atoms with van der Waals surface area (Å²) < 4.78 is 15.6. The van der Waals surface area contributed by atoms with E-state index in [-0.39, 0.29) is 12.8 Å². The van der Waals surface area contributed by atoms with E-state index in [1.165, 1.54) is 18.4 Å². The zero-order chi connectivity index (χ0) is 19.4. The molecule has 3 rings (SSSR count). The Balaban J connectivity index is 1.65. The molecule has 0 radical (unpaired) electrons. The van der Waals surface area contributed by atoms with Crippen LogP contribution in [0.3, 0.4) is 0 Å². The molecule has 1 aliphatic rings. The smallest absolute Gasteiger partial charge is 0.341 e. The highest BCUT2D eigenvalue weighted by molar-refractivity contribution is 7.80. The van der Waals surface area contributed by atoms with Gasteiger partial charge in [0, 0.05) is 6.54 Å². The largest absolute Gasteiger partial charge is 0.465 e. The second-order valence-corrected chi connectivity index (χ2v) is 7.84. The lowest BCUT2D eigenvalue weighted by Crippen LogP contribution is -2.28. The molecule has 0 saturated heterocycles. The van der Waals surface area contributed by atoms with E-state index in [9.17, 15) is 4.79 Å². The van der Waals surface area contributed by atoms with Gasteiger partial charge in [-0.25, -0.2) is 4.79 Å². The number of rotatable bonds is 6. The fourth-order valence-electron chi connectivity index (χ4n) is 2.78. The van der Waals surface area contributed by atoms with Crippen LogP contribution in [0.1, 0.15) is 35.3 Å². The van der Waals surface area contributed by atoms with E-state index in [1.54, 1.807) is 0 Å². The minimum absolute atomic E-state index is 0.250. The molecule has 8 heteroatoms.